The van der Waals surface area contributed by atoms with Gasteiger partial charge in [0.05, 0.1) is 6.61 Å². The van der Waals surface area contributed by atoms with Gasteiger partial charge in [0, 0.05) is 68.4 Å². The smallest absolute Gasteiger partial charge is 0.316 e. The van der Waals surface area contributed by atoms with Gasteiger partial charge in [-0.1, -0.05) is 25.9 Å². The predicted molar refractivity (Wildman–Crippen MR) is 138 cm³/mol. The first-order chi connectivity index (χ1) is 17.3. The van der Waals surface area contributed by atoms with E-state index in [4.69, 9.17) is 14.7 Å². The lowest BCUT2D eigenvalue weighted by Crippen LogP contribution is -2.47. The molecule has 2 aliphatic rings. The molecule has 9 heteroatoms. The van der Waals surface area contributed by atoms with E-state index < -0.39 is 0 Å². The Morgan fingerprint density at radius 1 is 1.00 bits per heavy atom. The van der Waals surface area contributed by atoms with E-state index >= 15 is 0 Å². The average molecular weight is 494 g/mol. The molecule has 2 aromatic heterocycles. The zero-order valence-corrected chi connectivity index (χ0v) is 21.7. The molecule has 2 fully saturated rings. The normalized spacial score (nSPS) is 17.0. The van der Waals surface area contributed by atoms with Gasteiger partial charge in [0.1, 0.15) is 17.5 Å². The molecule has 0 atom stereocenters. The van der Waals surface area contributed by atoms with E-state index in [0.717, 1.165) is 56.4 Å². The van der Waals surface area contributed by atoms with Crippen molar-refractivity contribution in [2.24, 2.45) is 7.05 Å². The van der Waals surface area contributed by atoms with E-state index in [1.54, 1.807) is 16.7 Å². The maximum absolute atomic E-state index is 13.2. The van der Waals surface area contributed by atoms with Crippen LogP contribution in [0.2, 0.25) is 0 Å². The quantitative estimate of drug-likeness (QED) is 0.436. The summed E-state index contributed by atoms with van der Waals surface area (Å²) >= 11 is 0. The first kappa shape index (κ1) is 24.6. The van der Waals surface area contributed by atoms with Gasteiger partial charge in [-0.05, 0) is 43.5 Å². The zero-order valence-electron chi connectivity index (χ0n) is 21.7. The van der Waals surface area contributed by atoms with Crippen molar-refractivity contribution in [3.8, 4) is 17.4 Å². The molecule has 1 aromatic carbocycles. The Hall–Kier alpha value is -3.07. The fourth-order valence-corrected chi connectivity index (χ4v) is 4.48. The maximum Gasteiger partial charge on any atom is 0.316 e. The maximum atomic E-state index is 13.2. The molecule has 0 spiro atoms. The third-order valence-corrected chi connectivity index (χ3v) is 6.88. The summed E-state index contributed by atoms with van der Waals surface area (Å²) in [5, 5.41) is 8.36. The van der Waals surface area contributed by atoms with Gasteiger partial charge >= 0.3 is 6.01 Å². The number of nitrogens with zero attached hydrogens (tertiary/aromatic N) is 7. The fraction of sp³-hybridized carbons (Fsp3) is 0.556. The van der Waals surface area contributed by atoms with Gasteiger partial charge < -0.3 is 9.64 Å². The van der Waals surface area contributed by atoms with Crippen LogP contribution in [0, 0.1) is 5.82 Å². The number of halogens is 1. The van der Waals surface area contributed by atoms with E-state index in [-0.39, 0.29) is 11.2 Å². The molecular formula is C27H36FN7O. The summed E-state index contributed by atoms with van der Waals surface area (Å²) in [4.78, 5) is 14.7. The Morgan fingerprint density at radius 2 is 1.72 bits per heavy atom. The highest BCUT2D eigenvalue weighted by atomic mass is 19.1. The fourth-order valence-electron chi connectivity index (χ4n) is 4.48. The standard InChI is InChI=1S/C27H36FN7O/c1-27(2,3)25-29-22(19-6-7-19)18-23(30-25)35-15-13-34(14-16-35)12-5-17-36-26-32-31-24(33(26)4)20-8-10-21(28)11-9-20/h8-11,18-19H,5-7,12-17H2,1-4H3. The third-order valence-electron chi connectivity index (χ3n) is 6.88. The SMILES string of the molecule is Cn1c(OCCCN2CCN(c3cc(C4CC4)nc(C(C)(C)C)n3)CC2)nnc1-c1ccc(F)cc1. The molecule has 1 aliphatic carbocycles. The van der Waals surface area contributed by atoms with Crippen LogP contribution in [0.5, 0.6) is 6.01 Å². The van der Waals surface area contributed by atoms with Crippen LogP contribution < -0.4 is 9.64 Å². The van der Waals surface area contributed by atoms with Crippen molar-refractivity contribution < 1.29 is 9.13 Å². The van der Waals surface area contributed by atoms with Gasteiger partial charge in [-0.2, -0.15) is 0 Å². The van der Waals surface area contributed by atoms with Crippen LogP contribution in [0.4, 0.5) is 10.2 Å². The van der Waals surface area contributed by atoms with Gasteiger partial charge in [-0.3, -0.25) is 9.47 Å². The van der Waals surface area contributed by atoms with Crippen molar-refractivity contribution in [3.63, 3.8) is 0 Å². The number of anilines is 1. The van der Waals surface area contributed by atoms with Crippen molar-refractivity contribution in [2.45, 2.75) is 51.4 Å². The first-order valence-electron chi connectivity index (χ1n) is 12.9. The molecule has 3 aromatic rings. The van der Waals surface area contributed by atoms with Gasteiger partial charge in [0.15, 0.2) is 5.82 Å². The molecular weight excluding hydrogens is 457 g/mol. The molecule has 0 unspecified atom stereocenters. The minimum Gasteiger partial charge on any atom is -0.464 e. The Kier molecular flexibility index (Phi) is 6.92. The molecule has 3 heterocycles. The van der Waals surface area contributed by atoms with Gasteiger partial charge in [-0.25, -0.2) is 14.4 Å². The molecule has 0 bridgehead atoms. The number of piperazine rings is 1. The molecule has 0 radical (unpaired) electrons. The third kappa shape index (κ3) is 5.67. The van der Waals surface area contributed by atoms with Crippen molar-refractivity contribution in [1.82, 2.24) is 29.6 Å². The van der Waals surface area contributed by atoms with E-state index in [0.29, 0.717) is 24.4 Å². The Bertz CT molecular complexity index is 1180. The van der Waals surface area contributed by atoms with Crippen LogP contribution in [0.25, 0.3) is 11.4 Å². The summed E-state index contributed by atoms with van der Waals surface area (Å²) in [6.45, 7) is 12.1. The van der Waals surface area contributed by atoms with Gasteiger partial charge in [0.25, 0.3) is 0 Å². The molecule has 1 saturated carbocycles. The van der Waals surface area contributed by atoms with Crippen molar-refractivity contribution in [3.05, 3.63) is 47.7 Å². The second-order valence-electron chi connectivity index (χ2n) is 10.9. The lowest BCUT2D eigenvalue weighted by atomic mass is 9.95. The molecule has 8 nitrogen and oxygen atoms in total. The van der Waals surface area contributed by atoms with Crippen molar-refractivity contribution in [2.75, 3.05) is 44.2 Å². The summed E-state index contributed by atoms with van der Waals surface area (Å²) < 4.78 is 20.9. The molecule has 1 saturated heterocycles. The first-order valence-corrected chi connectivity index (χ1v) is 12.9. The van der Waals surface area contributed by atoms with Crippen LogP contribution in [-0.4, -0.2) is 69.0 Å². The minimum absolute atomic E-state index is 0.0516. The number of ether oxygens (including phenoxy) is 1. The average Bonchev–Trinajstić information content (AvgIpc) is 3.66. The van der Waals surface area contributed by atoms with Crippen molar-refractivity contribution >= 4 is 5.82 Å². The van der Waals surface area contributed by atoms with E-state index in [9.17, 15) is 4.39 Å². The van der Waals surface area contributed by atoms with Gasteiger partial charge in [0.2, 0.25) is 0 Å². The Morgan fingerprint density at radius 3 is 2.39 bits per heavy atom. The van der Waals surface area contributed by atoms with Crippen LogP contribution >= 0.6 is 0 Å². The number of hydrogen-bond donors (Lipinski definition) is 0. The van der Waals surface area contributed by atoms with Crippen LogP contribution in [0.3, 0.4) is 0 Å². The molecule has 192 valence electrons. The van der Waals surface area contributed by atoms with Crippen LogP contribution in [0.15, 0.2) is 30.3 Å². The summed E-state index contributed by atoms with van der Waals surface area (Å²) in [5.41, 5.74) is 1.97. The largest absolute Gasteiger partial charge is 0.464 e. The van der Waals surface area contributed by atoms with Gasteiger partial charge in [-0.15, -0.1) is 5.10 Å². The second-order valence-corrected chi connectivity index (χ2v) is 10.9. The molecule has 0 N–H and O–H groups in total. The number of aromatic nitrogens is 5. The number of benzene rings is 1. The van der Waals surface area contributed by atoms with E-state index in [2.05, 4.69) is 46.8 Å². The lowest BCUT2D eigenvalue weighted by Gasteiger charge is -2.36. The topological polar surface area (TPSA) is 72.2 Å². The molecule has 5 rings (SSSR count). The second kappa shape index (κ2) is 10.1. The lowest BCUT2D eigenvalue weighted by molar-refractivity contribution is 0.215. The Balaban J connectivity index is 1.10. The highest BCUT2D eigenvalue weighted by Gasteiger charge is 2.29. The molecule has 0 amide bonds. The highest BCUT2D eigenvalue weighted by molar-refractivity contribution is 5.55. The zero-order chi connectivity index (χ0) is 25.3. The summed E-state index contributed by atoms with van der Waals surface area (Å²) in [5.74, 6) is 3.04. The summed E-state index contributed by atoms with van der Waals surface area (Å²) in [7, 11) is 1.86. The van der Waals surface area contributed by atoms with Crippen molar-refractivity contribution in [1.29, 1.82) is 0 Å². The molecule has 1 aliphatic heterocycles. The number of rotatable bonds is 8. The Labute approximate surface area is 212 Å². The van der Waals surface area contributed by atoms with Crippen LogP contribution in [0.1, 0.15) is 57.5 Å². The monoisotopic (exact) mass is 493 g/mol. The summed E-state index contributed by atoms with van der Waals surface area (Å²) in [6, 6.07) is 8.93. The predicted octanol–water partition coefficient (Wildman–Crippen LogP) is 4.18. The highest BCUT2D eigenvalue weighted by Crippen LogP contribution is 2.40. The van der Waals surface area contributed by atoms with E-state index in [1.165, 1.54) is 30.7 Å². The number of hydrogen-bond acceptors (Lipinski definition) is 7. The van der Waals surface area contributed by atoms with E-state index in [1.807, 2.05) is 7.05 Å². The molecule has 36 heavy (non-hydrogen) atoms. The minimum atomic E-state index is -0.270. The van der Waals surface area contributed by atoms with Crippen LogP contribution in [-0.2, 0) is 12.5 Å². The summed E-state index contributed by atoms with van der Waals surface area (Å²) in [6.07, 6.45) is 3.40.